The Bertz CT molecular complexity index is 527. The van der Waals surface area contributed by atoms with Gasteiger partial charge in [0.1, 0.15) is 0 Å². The Hall–Kier alpha value is -1.68. The molecule has 0 radical (unpaired) electrons. The highest BCUT2D eigenvalue weighted by atomic mass is 16.1. The second kappa shape index (κ2) is 8.82. The van der Waals surface area contributed by atoms with Crippen LogP contribution < -0.4 is 10.6 Å². The Labute approximate surface area is 140 Å². The number of amides is 1. The molecule has 1 unspecified atom stereocenters. The van der Waals surface area contributed by atoms with E-state index < -0.39 is 0 Å². The molecular weight excluding hydrogens is 286 g/mol. The summed E-state index contributed by atoms with van der Waals surface area (Å²) in [7, 11) is 1.83. The van der Waals surface area contributed by atoms with Gasteiger partial charge in [0.15, 0.2) is 0 Å². The monoisotopic (exact) mass is 317 g/mol. The molecule has 1 rings (SSSR count). The van der Waals surface area contributed by atoms with Crippen LogP contribution >= 0.6 is 0 Å². The predicted molar refractivity (Wildman–Crippen MR) is 98.9 cm³/mol. The van der Waals surface area contributed by atoms with Crippen LogP contribution in [-0.4, -0.2) is 37.8 Å². The summed E-state index contributed by atoms with van der Waals surface area (Å²) in [6.45, 7) is 13.7. The van der Waals surface area contributed by atoms with Crippen LogP contribution in [0.5, 0.6) is 0 Å². The standard InChI is InChI=1S/C19H31N3O/c1-14(2)18(23)22-12-8-11-21-15(3)19(4,5)16-9-7-10-17(13-16)20-6/h7,10,13,15,21H,1,8-9,11-12H2,2-6H3,(H,22,23). The Kier molecular flexibility index (Phi) is 7.43. The van der Waals surface area contributed by atoms with Gasteiger partial charge in [-0.05, 0) is 45.4 Å². The van der Waals surface area contributed by atoms with Crippen molar-refractivity contribution in [3.63, 3.8) is 0 Å². The number of carbonyl (C=O) groups excluding carboxylic acids is 1. The van der Waals surface area contributed by atoms with Crippen molar-refractivity contribution in [3.8, 4) is 0 Å². The third-order valence-corrected chi connectivity index (χ3v) is 4.59. The molecule has 0 fully saturated rings. The van der Waals surface area contributed by atoms with Gasteiger partial charge in [0, 0.05) is 30.6 Å². The molecule has 1 atom stereocenters. The summed E-state index contributed by atoms with van der Waals surface area (Å²) in [5.41, 5.74) is 3.05. The highest BCUT2D eigenvalue weighted by Gasteiger charge is 2.30. The Morgan fingerprint density at radius 3 is 2.74 bits per heavy atom. The highest BCUT2D eigenvalue weighted by Crippen LogP contribution is 2.34. The van der Waals surface area contributed by atoms with E-state index in [0.29, 0.717) is 18.2 Å². The summed E-state index contributed by atoms with van der Waals surface area (Å²) in [5, 5.41) is 6.43. The second-order valence-corrected chi connectivity index (χ2v) is 6.71. The lowest BCUT2D eigenvalue weighted by molar-refractivity contribution is -0.117. The lowest BCUT2D eigenvalue weighted by Crippen LogP contribution is -2.42. The minimum absolute atomic E-state index is 0.0572. The molecule has 4 nitrogen and oxygen atoms in total. The van der Waals surface area contributed by atoms with E-state index in [-0.39, 0.29) is 11.3 Å². The van der Waals surface area contributed by atoms with E-state index in [1.807, 2.05) is 7.05 Å². The summed E-state index contributed by atoms with van der Waals surface area (Å²) in [6, 6.07) is 0.343. The van der Waals surface area contributed by atoms with Gasteiger partial charge >= 0.3 is 0 Å². The molecule has 128 valence electrons. The topological polar surface area (TPSA) is 53.5 Å². The van der Waals surface area contributed by atoms with Crippen LogP contribution in [0.25, 0.3) is 0 Å². The molecule has 0 spiro atoms. The van der Waals surface area contributed by atoms with E-state index in [4.69, 9.17) is 0 Å². The molecular formula is C19H31N3O. The fraction of sp³-hybridized carbons (Fsp3) is 0.579. The van der Waals surface area contributed by atoms with Crippen LogP contribution in [0.15, 0.2) is 40.9 Å². The van der Waals surface area contributed by atoms with Crippen LogP contribution in [0.2, 0.25) is 0 Å². The van der Waals surface area contributed by atoms with Crippen molar-refractivity contribution >= 4 is 11.6 Å². The van der Waals surface area contributed by atoms with E-state index in [0.717, 1.165) is 25.1 Å². The molecule has 0 saturated heterocycles. The zero-order valence-electron chi connectivity index (χ0n) is 15.2. The van der Waals surface area contributed by atoms with Gasteiger partial charge in [-0.15, -0.1) is 0 Å². The zero-order chi connectivity index (χ0) is 17.5. The highest BCUT2D eigenvalue weighted by molar-refractivity contribution is 6.05. The molecule has 2 N–H and O–H groups in total. The lowest BCUT2D eigenvalue weighted by atomic mass is 9.75. The Balaban J connectivity index is 2.44. The van der Waals surface area contributed by atoms with E-state index >= 15 is 0 Å². The maximum absolute atomic E-state index is 11.4. The summed E-state index contributed by atoms with van der Waals surface area (Å²) in [5.74, 6) is -0.0658. The minimum atomic E-state index is -0.0658. The SMILES string of the molecule is C=C(C)C(=O)NCCCNC(C)C(C)(C)C1=CC(=NC)C=CC1. The predicted octanol–water partition coefficient (Wildman–Crippen LogP) is 3.03. The quantitative estimate of drug-likeness (QED) is 0.534. The van der Waals surface area contributed by atoms with Gasteiger partial charge in [0.05, 0.1) is 5.71 Å². The number of allylic oxidation sites excluding steroid dienone is 3. The molecule has 0 aromatic carbocycles. The first-order chi connectivity index (χ1) is 10.8. The van der Waals surface area contributed by atoms with Gasteiger partial charge in [-0.1, -0.05) is 32.1 Å². The summed E-state index contributed by atoms with van der Waals surface area (Å²) in [4.78, 5) is 15.7. The number of nitrogens with zero attached hydrogens (tertiary/aromatic N) is 1. The fourth-order valence-electron chi connectivity index (χ4n) is 2.47. The van der Waals surface area contributed by atoms with Crippen LogP contribution in [-0.2, 0) is 4.79 Å². The first-order valence-corrected chi connectivity index (χ1v) is 8.30. The summed E-state index contributed by atoms with van der Waals surface area (Å²) >= 11 is 0. The van der Waals surface area contributed by atoms with Crippen molar-refractivity contribution in [3.05, 3.63) is 36.0 Å². The van der Waals surface area contributed by atoms with Crippen LogP contribution in [0.4, 0.5) is 0 Å². The molecule has 1 aliphatic carbocycles. The maximum Gasteiger partial charge on any atom is 0.246 e. The minimum Gasteiger partial charge on any atom is -0.352 e. The van der Waals surface area contributed by atoms with Crippen molar-refractivity contribution < 1.29 is 4.79 Å². The molecule has 0 bridgehead atoms. The van der Waals surface area contributed by atoms with Crippen LogP contribution in [0.1, 0.15) is 40.5 Å². The second-order valence-electron chi connectivity index (χ2n) is 6.71. The molecule has 4 heteroatoms. The summed E-state index contributed by atoms with van der Waals surface area (Å²) < 4.78 is 0. The molecule has 23 heavy (non-hydrogen) atoms. The van der Waals surface area contributed by atoms with E-state index in [1.54, 1.807) is 6.92 Å². The Morgan fingerprint density at radius 1 is 1.43 bits per heavy atom. The van der Waals surface area contributed by atoms with Gasteiger partial charge in [-0.3, -0.25) is 9.79 Å². The smallest absolute Gasteiger partial charge is 0.246 e. The average Bonchev–Trinajstić information content (AvgIpc) is 2.53. The summed E-state index contributed by atoms with van der Waals surface area (Å²) in [6.07, 6.45) is 8.33. The van der Waals surface area contributed by atoms with Gasteiger partial charge in [0.25, 0.3) is 0 Å². The third-order valence-electron chi connectivity index (χ3n) is 4.59. The fourth-order valence-corrected chi connectivity index (χ4v) is 2.47. The number of hydrogen-bond donors (Lipinski definition) is 2. The van der Waals surface area contributed by atoms with Gasteiger partial charge in [-0.2, -0.15) is 0 Å². The Morgan fingerprint density at radius 2 is 2.13 bits per heavy atom. The van der Waals surface area contributed by atoms with Gasteiger partial charge in [0.2, 0.25) is 5.91 Å². The van der Waals surface area contributed by atoms with Gasteiger partial charge < -0.3 is 10.6 Å². The molecule has 1 aliphatic rings. The van der Waals surface area contributed by atoms with Crippen LogP contribution in [0.3, 0.4) is 0 Å². The van der Waals surface area contributed by atoms with Crippen molar-refractivity contribution in [2.24, 2.45) is 10.4 Å². The molecule has 1 amide bonds. The van der Waals surface area contributed by atoms with E-state index in [2.05, 4.69) is 61.2 Å². The number of hydrogen-bond acceptors (Lipinski definition) is 3. The average molecular weight is 317 g/mol. The first kappa shape index (κ1) is 19.4. The number of aliphatic imine (C=N–C) groups is 1. The number of rotatable bonds is 8. The molecule has 0 aromatic heterocycles. The molecule has 0 saturated carbocycles. The van der Waals surface area contributed by atoms with Crippen molar-refractivity contribution in [2.75, 3.05) is 20.1 Å². The van der Waals surface area contributed by atoms with Crippen molar-refractivity contribution in [1.82, 2.24) is 10.6 Å². The van der Waals surface area contributed by atoms with Crippen molar-refractivity contribution in [1.29, 1.82) is 0 Å². The third kappa shape index (κ3) is 5.79. The van der Waals surface area contributed by atoms with Gasteiger partial charge in [-0.25, -0.2) is 0 Å². The normalized spacial score (nSPS) is 17.8. The van der Waals surface area contributed by atoms with Crippen molar-refractivity contribution in [2.45, 2.75) is 46.6 Å². The zero-order valence-corrected chi connectivity index (χ0v) is 15.2. The lowest BCUT2D eigenvalue weighted by Gasteiger charge is -2.36. The molecule has 0 heterocycles. The first-order valence-electron chi connectivity index (χ1n) is 8.30. The molecule has 0 aliphatic heterocycles. The molecule has 0 aromatic rings. The largest absolute Gasteiger partial charge is 0.352 e. The van der Waals surface area contributed by atoms with E-state index in [1.165, 1.54) is 5.57 Å². The number of carbonyl (C=O) groups is 1. The number of nitrogens with one attached hydrogen (secondary N) is 2. The maximum atomic E-state index is 11.4. The van der Waals surface area contributed by atoms with Crippen LogP contribution in [0, 0.1) is 5.41 Å². The van der Waals surface area contributed by atoms with E-state index in [9.17, 15) is 4.79 Å².